The maximum atomic E-state index is 12.4. The molecule has 0 radical (unpaired) electrons. The number of carbonyl (C=O) groups is 2. The first-order valence-corrected chi connectivity index (χ1v) is 10.6. The number of amides is 1. The van der Waals surface area contributed by atoms with Crippen LogP contribution in [0.25, 0.3) is 22.8 Å². The fourth-order valence-electron chi connectivity index (χ4n) is 2.99. The van der Waals surface area contributed by atoms with Gasteiger partial charge in [0.15, 0.2) is 5.76 Å². The number of aromatic nitrogens is 1. The van der Waals surface area contributed by atoms with Crippen molar-refractivity contribution in [3.05, 3.63) is 76.6 Å². The molecule has 0 saturated heterocycles. The number of hydrogen-bond acceptors (Lipinski definition) is 6. The summed E-state index contributed by atoms with van der Waals surface area (Å²) in [4.78, 5) is 27.4. The van der Waals surface area contributed by atoms with Crippen LogP contribution in [0.4, 0.5) is 18.9 Å². The number of halogens is 3. The van der Waals surface area contributed by atoms with Crippen molar-refractivity contribution in [2.24, 2.45) is 0 Å². The Kier molecular flexibility index (Phi) is 6.37. The van der Waals surface area contributed by atoms with Crippen LogP contribution in [0.15, 0.2) is 70.5 Å². The number of nitrogens with zero attached hydrogens (tertiary/aromatic N) is 1. The summed E-state index contributed by atoms with van der Waals surface area (Å²) in [6.07, 6.45) is -4.96. The minimum Gasteiger partial charge on any atom is -0.481 e. The Bertz CT molecular complexity index is 1310. The maximum absolute atomic E-state index is 12.4. The second-order valence-electron chi connectivity index (χ2n) is 6.96. The molecule has 174 valence electrons. The highest BCUT2D eigenvalue weighted by Crippen LogP contribution is 2.30. The van der Waals surface area contributed by atoms with Crippen LogP contribution in [0, 0.1) is 0 Å². The monoisotopic (exact) mass is 488 g/mol. The van der Waals surface area contributed by atoms with Crippen LogP contribution in [0.1, 0.15) is 15.4 Å². The van der Waals surface area contributed by atoms with E-state index in [1.165, 1.54) is 23.5 Å². The molecular formula is C23H15F3N2O5S. The van der Waals surface area contributed by atoms with Crippen LogP contribution < -0.4 is 10.1 Å². The molecule has 4 rings (SSSR count). The number of nitrogens with one attached hydrogen (secondary N) is 1. The van der Waals surface area contributed by atoms with Gasteiger partial charge in [0.1, 0.15) is 22.2 Å². The highest BCUT2D eigenvalue weighted by Gasteiger charge is 2.31. The Morgan fingerprint density at radius 1 is 1.00 bits per heavy atom. The molecule has 11 heteroatoms. The van der Waals surface area contributed by atoms with E-state index in [0.717, 1.165) is 17.7 Å². The minimum atomic E-state index is -4.80. The Labute approximate surface area is 194 Å². The largest absolute Gasteiger partial charge is 0.573 e. The molecule has 2 aromatic heterocycles. The number of rotatable bonds is 7. The average molecular weight is 488 g/mol. The Morgan fingerprint density at radius 3 is 2.32 bits per heavy atom. The molecule has 2 N–H and O–H groups in total. The van der Waals surface area contributed by atoms with Gasteiger partial charge in [-0.25, -0.2) is 4.98 Å². The summed E-state index contributed by atoms with van der Waals surface area (Å²) in [7, 11) is 0. The quantitative estimate of drug-likeness (QED) is 0.339. The zero-order valence-electron chi connectivity index (χ0n) is 17.1. The van der Waals surface area contributed by atoms with Crippen molar-refractivity contribution in [3.8, 4) is 28.5 Å². The third-order valence-electron chi connectivity index (χ3n) is 4.49. The Morgan fingerprint density at radius 2 is 1.68 bits per heavy atom. The van der Waals surface area contributed by atoms with E-state index in [4.69, 9.17) is 9.52 Å². The van der Waals surface area contributed by atoms with E-state index in [-0.39, 0.29) is 12.0 Å². The summed E-state index contributed by atoms with van der Waals surface area (Å²) in [5.74, 6) is -0.811. The van der Waals surface area contributed by atoms with E-state index in [9.17, 15) is 22.8 Å². The third-order valence-corrected chi connectivity index (χ3v) is 5.34. The lowest BCUT2D eigenvalue weighted by Gasteiger charge is -2.09. The summed E-state index contributed by atoms with van der Waals surface area (Å²) in [5, 5.41) is 13.7. The van der Waals surface area contributed by atoms with Crippen molar-refractivity contribution in [1.82, 2.24) is 4.98 Å². The highest BCUT2D eigenvalue weighted by molar-refractivity contribution is 7.10. The predicted molar refractivity (Wildman–Crippen MR) is 118 cm³/mol. The molecule has 0 aliphatic rings. The zero-order valence-corrected chi connectivity index (χ0v) is 17.9. The molecule has 34 heavy (non-hydrogen) atoms. The second-order valence-corrected chi connectivity index (χ2v) is 7.91. The molecule has 0 aliphatic carbocycles. The number of anilines is 1. The molecule has 0 aliphatic heterocycles. The molecule has 1 amide bonds. The molecule has 7 nitrogen and oxygen atoms in total. The van der Waals surface area contributed by atoms with E-state index >= 15 is 0 Å². The number of ether oxygens (including phenoxy) is 1. The van der Waals surface area contributed by atoms with Crippen LogP contribution in [0.3, 0.4) is 0 Å². The maximum Gasteiger partial charge on any atom is 0.573 e. The fourth-order valence-corrected chi connectivity index (χ4v) is 3.77. The summed E-state index contributed by atoms with van der Waals surface area (Å²) >= 11 is 1.24. The van der Waals surface area contributed by atoms with E-state index in [0.29, 0.717) is 27.9 Å². The zero-order chi connectivity index (χ0) is 24.3. The lowest BCUT2D eigenvalue weighted by Crippen LogP contribution is -2.17. The third kappa shape index (κ3) is 5.81. The molecule has 0 saturated carbocycles. The number of hydrogen-bond donors (Lipinski definition) is 2. The lowest BCUT2D eigenvalue weighted by molar-refractivity contribution is -0.274. The van der Waals surface area contributed by atoms with Gasteiger partial charge in [0, 0.05) is 22.2 Å². The number of carbonyl (C=O) groups excluding carboxylic acids is 1. The van der Waals surface area contributed by atoms with Gasteiger partial charge in [0.25, 0.3) is 5.91 Å². The smallest absolute Gasteiger partial charge is 0.481 e. The first-order chi connectivity index (χ1) is 16.2. The summed E-state index contributed by atoms with van der Waals surface area (Å²) in [6.45, 7) is 0. The van der Waals surface area contributed by atoms with Crippen molar-refractivity contribution in [1.29, 1.82) is 0 Å². The number of carboxylic acids is 1. The molecule has 0 spiro atoms. The Balaban J connectivity index is 1.40. The molecule has 0 unspecified atom stereocenters. The van der Waals surface area contributed by atoms with Crippen LogP contribution in [-0.2, 0) is 11.2 Å². The molecule has 2 heterocycles. The van der Waals surface area contributed by atoms with Gasteiger partial charge >= 0.3 is 12.3 Å². The SMILES string of the molecule is O=C(O)Cc1nc(-c2ccc(-c3ccc(NC(=O)c4ccc(OC(F)(F)F)cc4)cc3)o2)cs1. The number of benzene rings is 2. The van der Waals surface area contributed by atoms with Crippen molar-refractivity contribution in [3.63, 3.8) is 0 Å². The molecule has 2 aromatic carbocycles. The molecule has 0 atom stereocenters. The van der Waals surface area contributed by atoms with Gasteiger partial charge in [-0.1, -0.05) is 0 Å². The number of furan rings is 1. The standard InChI is InChI=1S/C23H15F3N2O5S/c24-23(25,26)33-16-7-3-14(4-8-16)22(31)27-15-5-1-13(2-6-15)18-9-10-19(32-18)17-12-34-20(28-17)11-21(29)30/h1-10,12H,11H2,(H,27,31)(H,29,30). The van der Waals surface area contributed by atoms with Crippen molar-refractivity contribution >= 4 is 28.9 Å². The van der Waals surface area contributed by atoms with Crippen LogP contribution in [0.2, 0.25) is 0 Å². The van der Waals surface area contributed by atoms with Gasteiger partial charge in [-0.15, -0.1) is 24.5 Å². The van der Waals surface area contributed by atoms with Gasteiger partial charge in [0.2, 0.25) is 0 Å². The number of thiazole rings is 1. The molecular weight excluding hydrogens is 473 g/mol. The Hall–Kier alpha value is -4.12. The van der Waals surface area contributed by atoms with Crippen molar-refractivity contribution in [2.45, 2.75) is 12.8 Å². The van der Waals surface area contributed by atoms with Gasteiger partial charge in [-0.2, -0.15) is 0 Å². The van der Waals surface area contributed by atoms with E-state index in [2.05, 4.69) is 15.0 Å². The van der Waals surface area contributed by atoms with Gasteiger partial charge in [0.05, 0.1) is 6.42 Å². The second kappa shape index (κ2) is 9.40. The van der Waals surface area contributed by atoms with Crippen LogP contribution >= 0.6 is 11.3 Å². The summed E-state index contributed by atoms with van der Waals surface area (Å²) < 4.78 is 46.3. The predicted octanol–water partition coefficient (Wildman–Crippen LogP) is 5.85. The number of aliphatic carboxylic acids is 1. The summed E-state index contributed by atoms with van der Waals surface area (Å²) in [5.41, 5.74) is 1.93. The van der Waals surface area contributed by atoms with E-state index in [1.807, 2.05) is 0 Å². The van der Waals surface area contributed by atoms with Crippen molar-refractivity contribution in [2.75, 3.05) is 5.32 Å². The average Bonchev–Trinajstić information content (AvgIpc) is 3.43. The molecule has 4 aromatic rings. The van der Waals surface area contributed by atoms with Crippen LogP contribution in [-0.4, -0.2) is 28.3 Å². The minimum absolute atomic E-state index is 0.156. The normalized spacial score (nSPS) is 11.3. The summed E-state index contributed by atoms with van der Waals surface area (Å²) in [6, 6.07) is 14.9. The van der Waals surface area contributed by atoms with Gasteiger partial charge in [-0.3, -0.25) is 9.59 Å². The molecule has 0 bridgehead atoms. The first-order valence-electron chi connectivity index (χ1n) is 9.70. The van der Waals surface area contributed by atoms with E-state index < -0.39 is 24.0 Å². The topological polar surface area (TPSA) is 102 Å². The lowest BCUT2D eigenvalue weighted by atomic mass is 10.1. The molecule has 0 fully saturated rings. The number of alkyl halides is 3. The van der Waals surface area contributed by atoms with Gasteiger partial charge < -0.3 is 19.6 Å². The highest BCUT2D eigenvalue weighted by atomic mass is 32.1. The fraction of sp³-hybridized carbons (Fsp3) is 0.0870. The number of carboxylic acid groups (broad SMARTS) is 1. The first kappa shape index (κ1) is 23.1. The van der Waals surface area contributed by atoms with E-state index in [1.54, 1.807) is 41.8 Å². The van der Waals surface area contributed by atoms with Crippen LogP contribution in [0.5, 0.6) is 5.75 Å². The van der Waals surface area contributed by atoms with Gasteiger partial charge in [-0.05, 0) is 60.7 Å². The van der Waals surface area contributed by atoms with Crippen molar-refractivity contribution < 1.29 is 37.0 Å².